The van der Waals surface area contributed by atoms with Crippen LogP contribution in [0.15, 0.2) is 18.2 Å². The highest BCUT2D eigenvalue weighted by Crippen LogP contribution is 2.38. The molecule has 0 unspecified atom stereocenters. The van der Waals surface area contributed by atoms with Crippen molar-refractivity contribution >= 4 is 11.3 Å². The van der Waals surface area contributed by atoms with Crippen molar-refractivity contribution in [2.45, 2.75) is 32.2 Å². The largest absolute Gasteiger partial charge is 0.320 e. The quantitative estimate of drug-likeness (QED) is 0.682. The SMILES string of the molecule is Cc1cc(C)c(C2(N)CC=CC2)s1. The minimum absolute atomic E-state index is 0.0942. The van der Waals surface area contributed by atoms with Gasteiger partial charge < -0.3 is 5.73 Å². The van der Waals surface area contributed by atoms with Crippen molar-refractivity contribution < 1.29 is 0 Å². The van der Waals surface area contributed by atoms with Crippen molar-refractivity contribution in [1.82, 2.24) is 0 Å². The Kier molecular flexibility index (Phi) is 2.05. The van der Waals surface area contributed by atoms with Gasteiger partial charge in [0.2, 0.25) is 0 Å². The molecule has 1 aromatic heterocycles. The fraction of sp³-hybridized carbons (Fsp3) is 0.455. The smallest absolute Gasteiger partial charge is 0.0576 e. The molecular formula is C11H15NS. The molecule has 2 heteroatoms. The fourth-order valence-electron chi connectivity index (χ4n) is 1.99. The summed E-state index contributed by atoms with van der Waals surface area (Å²) in [7, 11) is 0. The first kappa shape index (κ1) is 8.97. The lowest BCUT2D eigenvalue weighted by Crippen LogP contribution is -2.33. The van der Waals surface area contributed by atoms with Crippen molar-refractivity contribution in [3.05, 3.63) is 33.5 Å². The average Bonchev–Trinajstić information content (AvgIpc) is 2.59. The van der Waals surface area contributed by atoms with E-state index in [4.69, 9.17) is 5.73 Å². The summed E-state index contributed by atoms with van der Waals surface area (Å²) in [5, 5.41) is 0. The topological polar surface area (TPSA) is 26.0 Å². The van der Waals surface area contributed by atoms with E-state index in [9.17, 15) is 0 Å². The van der Waals surface area contributed by atoms with Crippen LogP contribution in [0.4, 0.5) is 0 Å². The summed E-state index contributed by atoms with van der Waals surface area (Å²) in [5.41, 5.74) is 7.60. The lowest BCUT2D eigenvalue weighted by Gasteiger charge is -2.23. The fourth-order valence-corrected chi connectivity index (χ4v) is 3.14. The summed E-state index contributed by atoms with van der Waals surface area (Å²) in [6.45, 7) is 4.30. The van der Waals surface area contributed by atoms with E-state index in [2.05, 4.69) is 32.1 Å². The van der Waals surface area contributed by atoms with Crippen LogP contribution >= 0.6 is 11.3 Å². The highest BCUT2D eigenvalue weighted by atomic mass is 32.1. The lowest BCUT2D eigenvalue weighted by molar-refractivity contribution is 0.488. The maximum atomic E-state index is 6.34. The summed E-state index contributed by atoms with van der Waals surface area (Å²) in [6.07, 6.45) is 6.37. The molecule has 0 radical (unpaired) electrons. The lowest BCUT2D eigenvalue weighted by atomic mass is 9.94. The molecule has 1 nitrogen and oxygen atoms in total. The Labute approximate surface area is 83.3 Å². The zero-order valence-electron chi connectivity index (χ0n) is 8.13. The Morgan fingerprint density at radius 2 is 1.92 bits per heavy atom. The van der Waals surface area contributed by atoms with Crippen molar-refractivity contribution in [3.63, 3.8) is 0 Å². The number of thiophene rings is 1. The van der Waals surface area contributed by atoms with Gasteiger partial charge >= 0.3 is 0 Å². The Balaban J connectivity index is 2.39. The van der Waals surface area contributed by atoms with Gasteiger partial charge in [-0.1, -0.05) is 12.2 Å². The molecule has 2 rings (SSSR count). The minimum Gasteiger partial charge on any atom is -0.320 e. The second kappa shape index (κ2) is 2.96. The molecule has 0 saturated carbocycles. The summed E-state index contributed by atoms with van der Waals surface area (Å²) >= 11 is 1.85. The summed E-state index contributed by atoms with van der Waals surface area (Å²) < 4.78 is 0. The van der Waals surface area contributed by atoms with E-state index in [0.717, 1.165) is 12.8 Å². The van der Waals surface area contributed by atoms with Crippen molar-refractivity contribution in [1.29, 1.82) is 0 Å². The van der Waals surface area contributed by atoms with Gasteiger partial charge in [-0.05, 0) is 38.3 Å². The van der Waals surface area contributed by atoms with Gasteiger partial charge in [-0.3, -0.25) is 0 Å². The summed E-state index contributed by atoms with van der Waals surface area (Å²) in [4.78, 5) is 2.74. The molecular weight excluding hydrogens is 178 g/mol. The molecule has 1 aromatic rings. The van der Waals surface area contributed by atoms with Gasteiger partial charge in [-0.15, -0.1) is 11.3 Å². The van der Waals surface area contributed by atoms with E-state index < -0.39 is 0 Å². The molecule has 0 aliphatic heterocycles. The molecule has 1 aliphatic carbocycles. The predicted octanol–water partition coefficient (Wildman–Crippen LogP) is 2.87. The van der Waals surface area contributed by atoms with Crippen LogP contribution in [0.1, 0.15) is 28.2 Å². The number of rotatable bonds is 1. The molecule has 1 heterocycles. The Bertz CT molecular complexity index is 341. The average molecular weight is 193 g/mol. The van der Waals surface area contributed by atoms with E-state index in [1.165, 1.54) is 15.3 Å². The predicted molar refractivity (Wildman–Crippen MR) is 58.0 cm³/mol. The first-order valence-corrected chi connectivity index (χ1v) is 5.45. The molecule has 0 atom stereocenters. The third kappa shape index (κ3) is 1.45. The molecule has 1 aliphatic rings. The third-order valence-electron chi connectivity index (χ3n) is 2.62. The minimum atomic E-state index is -0.0942. The monoisotopic (exact) mass is 193 g/mol. The number of nitrogens with two attached hydrogens (primary N) is 1. The molecule has 0 saturated heterocycles. The number of hydrogen-bond acceptors (Lipinski definition) is 2. The van der Waals surface area contributed by atoms with Gasteiger partial charge in [0, 0.05) is 9.75 Å². The molecule has 0 aromatic carbocycles. The molecule has 70 valence electrons. The Hall–Kier alpha value is -0.600. The first-order chi connectivity index (χ1) is 6.12. The Morgan fingerprint density at radius 3 is 2.38 bits per heavy atom. The van der Waals surface area contributed by atoms with E-state index in [1.807, 2.05) is 11.3 Å². The summed E-state index contributed by atoms with van der Waals surface area (Å²) in [6, 6.07) is 2.23. The first-order valence-electron chi connectivity index (χ1n) is 4.63. The second-order valence-corrected chi connectivity index (χ2v) is 5.16. The van der Waals surface area contributed by atoms with Gasteiger partial charge in [0.05, 0.1) is 5.54 Å². The van der Waals surface area contributed by atoms with Gasteiger partial charge in [-0.25, -0.2) is 0 Å². The zero-order chi connectivity index (χ0) is 9.47. The van der Waals surface area contributed by atoms with Gasteiger partial charge in [-0.2, -0.15) is 0 Å². The van der Waals surface area contributed by atoms with Crippen molar-refractivity contribution in [3.8, 4) is 0 Å². The van der Waals surface area contributed by atoms with Crippen LogP contribution in [0, 0.1) is 13.8 Å². The molecule has 0 amide bonds. The van der Waals surface area contributed by atoms with E-state index in [1.54, 1.807) is 0 Å². The Morgan fingerprint density at radius 1 is 1.31 bits per heavy atom. The second-order valence-electron chi connectivity index (χ2n) is 3.90. The van der Waals surface area contributed by atoms with E-state index in [0.29, 0.717) is 0 Å². The van der Waals surface area contributed by atoms with Crippen LogP contribution in [0.5, 0.6) is 0 Å². The molecule has 0 spiro atoms. The van der Waals surface area contributed by atoms with Gasteiger partial charge in [0.1, 0.15) is 0 Å². The molecule has 13 heavy (non-hydrogen) atoms. The van der Waals surface area contributed by atoms with Crippen LogP contribution < -0.4 is 5.73 Å². The van der Waals surface area contributed by atoms with E-state index in [-0.39, 0.29) is 5.54 Å². The molecule has 0 bridgehead atoms. The van der Waals surface area contributed by atoms with Crippen LogP contribution in [-0.2, 0) is 5.54 Å². The molecule has 2 N–H and O–H groups in total. The van der Waals surface area contributed by atoms with E-state index >= 15 is 0 Å². The highest BCUT2D eigenvalue weighted by molar-refractivity contribution is 7.12. The van der Waals surface area contributed by atoms with Gasteiger partial charge in [0.15, 0.2) is 0 Å². The zero-order valence-corrected chi connectivity index (χ0v) is 8.95. The number of aryl methyl sites for hydroxylation is 2. The summed E-state index contributed by atoms with van der Waals surface area (Å²) in [5.74, 6) is 0. The molecule has 0 fully saturated rings. The van der Waals surface area contributed by atoms with Crippen LogP contribution in [0.25, 0.3) is 0 Å². The normalized spacial score (nSPS) is 19.6. The number of hydrogen-bond donors (Lipinski definition) is 1. The highest BCUT2D eigenvalue weighted by Gasteiger charge is 2.30. The maximum Gasteiger partial charge on any atom is 0.0576 e. The maximum absolute atomic E-state index is 6.34. The van der Waals surface area contributed by atoms with Crippen LogP contribution in [0.3, 0.4) is 0 Å². The standard InChI is InChI=1S/C11H15NS/c1-8-7-9(2)13-10(8)11(12)5-3-4-6-11/h3-4,7H,5-6,12H2,1-2H3. The van der Waals surface area contributed by atoms with Gasteiger partial charge in [0.25, 0.3) is 0 Å². The van der Waals surface area contributed by atoms with Crippen LogP contribution in [0.2, 0.25) is 0 Å². The van der Waals surface area contributed by atoms with Crippen molar-refractivity contribution in [2.75, 3.05) is 0 Å². The van der Waals surface area contributed by atoms with Crippen molar-refractivity contribution in [2.24, 2.45) is 5.73 Å². The third-order valence-corrected chi connectivity index (χ3v) is 4.00. The van der Waals surface area contributed by atoms with Crippen LogP contribution in [-0.4, -0.2) is 0 Å².